The number of aryl methyl sites for hydroxylation is 1. The molecule has 94 valence electrons. The molecule has 18 heavy (non-hydrogen) atoms. The minimum atomic E-state index is 0.484. The molecule has 0 atom stereocenters. The molecule has 0 unspecified atom stereocenters. The molecule has 0 amide bonds. The van der Waals surface area contributed by atoms with Crippen LogP contribution in [0.25, 0.3) is 0 Å². The average Bonchev–Trinajstić information content (AvgIpc) is 2.41. The molecule has 5 heteroatoms. The predicted octanol–water partition coefficient (Wildman–Crippen LogP) is 2.40. The standard InChI is InChI=1S/C13H15N3OS/c1-9-7-15-13(16-8-9)18-12-5-11(17-2)4-3-10(12)6-14/h3-5,7-8H,6,14H2,1-2H3. The zero-order valence-corrected chi connectivity index (χ0v) is 11.2. The van der Waals surface area contributed by atoms with Gasteiger partial charge in [0.2, 0.25) is 0 Å². The molecule has 0 bridgehead atoms. The Morgan fingerprint density at radius 3 is 2.61 bits per heavy atom. The van der Waals surface area contributed by atoms with Crippen molar-refractivity contribution in [2.75, 3.05) is 7.11 Å². The highest BCUT2D eigenvalue weighted by Crippen LogP contribution is 2.30. The molecule has 2 N–H and O–H groups in total. The maximum atomic E-state index is 5.72. The third-order valence-electron chi connectivity index (χ3n) is 2.45. The highest BCUT2D eigenvalue weighted by molar-refractivity contribution is 7.99. The van der Waals surface area contributed by atoms with Crippen LogP contribution in [0.4, 0.5) is 0 Å². The van der Waals surface area contributed by atoms with Gasteiger partial charge in [-0.05, 0) is 41.9 Å². The summed E-state index contributed by atoms with van der Waals surface area (Å²) >= 11 is 1.49. The van der Waals surface area contributed by atoms with Gasteiger partial charge in [0, 0.05) is 23.8 Å². The van der Waals surface area contributed by atoms with E-state index in [1.54, 1.807) is 19.5 Å². The second-order valence-electron chi connectivity index (χ2n) is 3.82. The molecule has 0 radical (unpaired) electrons. The quantitative estimate of drug-likeness (QED) is 0.856. The number of rotatable bonds is 4. The number of ether oxygens (including phenoxy) is 1. The Morgan fingerprint density at radius 2 is 2.00 bits per heavy atom. The maximum absolute atomic E-state index is 5.72. The van der Waals surface area contributed by atoms with Crippen molar-refractivity contribution in [2.24, 2.45) is 5.73 Å². The Morgan fingerprint density at radius 1 is 1.28 bits per heavy atom. The summed E-state index contributed by atoms with van der Waals surface area (Å²) in [4.78, 5) is 9.58. The van der Waals surface area contributed by atoms with Crippen molar-refractivity contribution >= 4 is 11.8 Å². The minimum absolute atomic E-state index is 0.484. The van der Waals surface area contributed by atoms with Gasteiger partial charge in [0.15, 0.2) is 5.16 Å². The van der Waals surface area contributed by atoms with Crippen molar-refractivity contribution in [3.63, 3.8) is 0 Å². The number of aromatic nitrogens is 2. The number of nitrogens with zero attached hydrogens (tertiary/aromatic N) is 2. The number of methoxy groups -OCH3 is 1. The van der Waals surface area contributed by atoms with Crippen LogP contribution in [-0.4, -0.2) is 17.1 Å². The van der Waals surface area contributed by atoms with Crippen molar-refractivity contribution in [1.29, 1.82) is 0 Å². The Labute approximate surface area is 111 Å². The molecule has 4 nitrogen and oxygen atoms in total. The summed E-state index contributed by atoms with van der Waals surface area (Å²) in [6, 6.07) is 5.83. The van der Waals surface area contributed by atoms with Crippen LogP contribution in [0.3, 0.4) is 0 Å². The molecule has 0 aliphatic carbocycles. The van der Waals surface area contributed by atoms with E-state index in [0.29, 0.717) is 11.7 Å². The van der Waals surface area contributed by atoms with Gasteiger partial charge in [0.05, 0.1) is 7.11 Å². The fraction of sp³-hybridized carbons (Fsp3) is 0.231. The van der Waals surface area contributed by atoms with Gasteiger partial charge >= 0.3 is 0 Å². The number of hydrogen-bond donors (Lipinski definition) is 1. The van der Waals surface area contributed by atoms with Crippen LogP contribution in [0.15, 0.2) is 40.6 Å². The molecule has 0 aliphatic rings. The van der Waals surface area contributed by atoms with E-state index < -0.39 is 0 Å². The van der Waals surface area contributed by atoms with Gasteiger partial charge in [0.1, 0.15) is 5.75 Å². The van der Waals surface area contributed by atoms with Crippen molar-refractivity contribution in [3.8, 4) is 5.75 Å². The van der Waals surface area contributed by atoms with E-state index >= 15 is 0 Å². The van der Waals surface area contributed by atoms with E-state index in [1.807, 2.05) is 25.1 Å². The van der Waals surface area contributed by atoms with Gasteiger partial charge in [-0.15, -0.1) is 0 Å². The first-order chi connectivity index (χ1) is 8.72. The molecule has 0 saturated carbocycles. The third kappa shape index (κ3) is 3.00. The van der Waals surface area contributed by atoms with Crippen molar-refractivity contribution in [1.82, 2.24) is 9.97 Å². The fourth-order valence-electron chi connectivity index (χ4n) is 1.46. The Hall–Kier alpha value is -1.59. The van der Waals surface area contributed by atoms with Crippen LogP contribution >= 0.6 is 11.8 Å². The van der Waals surface area contributed by atoms with Crippen molar-refractivity contribution in [3.05, 3.63) is 41.7 Å². The van der Waals surface area contributed by atoms with Crippen molar-refractivity contribution < 1.29 is 4.74 Å². The number of hydrogen-bond acceptors (Lipinski definition) is 5. The second-order valence-corrected chi connectivity index (χ2v) is 4.83. The minimum Gasteiger partial charge on any atom is -0.497 e. The lowest BCUT2D eigenvalue weighted by Gasteiger charge is -2.08. The summed E-state index contributed by atoms with van der Waals surface area (Å²) < 4.78 is 5.22. The summed E-state index contributed by atoms with van der Waals surface area (Å²) in [5, 5.41) is 0.712. The van der Waals surface area contributed by atoms with Gasteiger partial charge in [-0.3, -0.25) is 0 Å². The molecule has 0 fully saturated rings. The molecule has 1 aromatic carbocycles. The van der Waals surface area contributed by atoms with E-state index in [1.165, 1.54) is 11.8 Å². The van der Waals surface area contributed by atoms with E-state index in [-0.39, 0.29) is 0 Å². The van der Waals surface area contributed by atoms with E-state index in [9.17, 15) is 0 Å². The van der Waals surface area contributed by atoms with Crippen LogP contribution < -0.4 is 10.5 Å². The van der Waals surface area contributed by atoms with Crippen LogP contribution in [0.1, 0.15) is 11.1 Å². The summed E-state index contributed by atoms with van der Waals surface area (Å²) in [5.74, 6) is 0.807. The van der Waals surface area contributed by atoms with E-state index in [2.05, 4.69) is 9.97 Å². The van der Waals surface area contributed by atoms with Gasteiger partial charge in [0.25, 0.3) is 0 Å². The third-order valence-corrected chi connectivity index (χ3v) is 3.45. The van der Waals surface area contributed by atoms with Gasteiger partial charge in [-0.25, -0.2) is 9.97 Å². The molecule has 0 saturated heterocycles. The first-order valence-electron chi connectivity index (χ1n) is 5.56. The van der Waals surface area contributed by atoms with Crippen LogP contribution in [-0.2, 0) is 6.54 Å². The van der Waals surface area contributed by atoms with Crippen LogP contribution in [0.2, 0.25) is 0 Å². The maximum Gasteiger partial charge on any atom is 0.192 e. The number of nitrogens with two attached hydrogens (primary N) is 1. The molecule has 2 aromatic rings. The Balaban J connectivity index is 2.29. The fourth-order valence-corrected chi connectivity index (χ4v) is 2.32. The summed E-state index contributed by atoms with van der Waals surface area (Å²) in [6.07, 6.45) is 3.61. The lowest BCUT2D eigenvalue weighted by Crippen LogP contribution is -1.99. The van der Waals surface area contributed by atoms with E-state index in [4.69, 9.17) is 10.5 Å². The second kappa shape index (κ2) is 5.84. The predicted molar refractivity (Wildman–Crippen MR) is 71.8 cm³/mol. The lowest BCUT2D eigenvalue weighted by molar-refractivity contribution is 0.413. The smallest absolute Gasteiger partial charge is 0.192 e. The van der Waals surface area contributed by atoms with Gasteiger partial charge in [-0.1, -0.05) is 6.07 Å². The van der Waals surface area contributed by atoms with Gasteiger partial charge < -0.3 is 10.5 Å². The highest BCUT2D eigenvalue weighted by atomic mass is 32.2. The molecule has 2 rings (SSSR count). The Kier molecular flexibility index (Phi) is 4.17. The molecular weight excluding hydrogens is 246 g/mol. The first-order valence-corrected chi connectivity index (χ1v) is 6.38. The SMILES string of the molecule is COc1ccc(CN)c(Sc2ncc(C)cn2)c1. The molecule has 1 aromatic heterocycles. The normalized spacial score (nSPS) is 10.4. The largest absolute Gasteiger partial charge is 0.497 e. The average molecular weight is 261 g/mol. The summed E-state index contributed by atoms with van der Waals surface area (Å²) in [7, 11) is 1.65. The van der Waals surface area contributed by atoms with Crippen LogP contribution in [0.5, 0.6) is 5.75 Å². The first kappa shape index (κ1) is 12.9. The zero-order chi connectivity index (χ0) is 13.0. The summed E-state index contributed by atoms with van der Waals surface area (Å²) in [5.41, 5.74) is 7.83. The summed E-state index contributed by atoms with van der Waals surface area (Å²) in [6.45, 7) is 2.45. The molecule has 0 spiro atoms. The van der Waals surface area contributed by atoms with Crippen molar-refractivity contribution in [2.45, 2.75) is 23.5 Å². The molecular formula is C13H15N3OS. The lowest BCUT2D eigenvalue weighted by atomic mass is 10.2. The monoisotopic (exact) mass is 261 g/mol. The Bertz CT molecular complexity index is 528. The molecule has 1 heterocycles. The highest BCUT2D eigenvalue weighted by Gasteiger charge is 2.07. The molecule has 0 aliphatic heterocycles. The topological polar surface area (TPSA) is 61.0 Å². The van der Waals surface area contributed by atoms with E-state index in [0.717, 1.165) is 21.8 Å². The van der Waals surface area contributed by atoms with Gasteiger partial charge in [-0.2, -0.15) is 0 Å². The zero-order valence-electron chi connectivity index (χ0n) is 10.4. The van der Waals surface area contributed by atoms with Crippen LogP contribution in [0, 0.1) is 6.92 Å². The number of benzene rings is 1.